The predicted octanol–water partition coefficient (Wildman–Crippen LogP) is 5.06. The molecule has 0 saturated heterocycles. The van der Waals surface area contributed by atoms with Crippen molar-refractivity contribution < 1.29 is 9.53 Å². The Morgan fingerprint density at radius 1 is 1.14 bits per heavy atom. The third-order valence-electron chi connectivity index (χ3n) is 4.25. The van der Waals surface area contributed by atoms with Crippen LogP contribution in [0, 0.1) is 0 Å². The van der Waals surface area contributed by atoms with Gasteiger partial charge in [0.2, 0.25) is 0 Å². The Balaban J connectivity index is 1.67. The van der Waals surface area contributed by atoms with Gasteiger partial charge in [0.05, 0.1) is 16.6 Å². The molecule has 1 aromatic heterocycles. The minimum atomic E-state index is -0.110. The number of aromatic nitrogens is 2. The van der Waals surface area contributed by atoms with E-state index < -0.39 is 0 Å². The number of rotatable bonds is 7. The van der Waals surface area contributed by atoms with Gasteiger partial charge < -0.3 is 9.64 Å². The van der Waals surface area contributed by atoms with Gasteiger partial charge in [0.1, 0.15) is 18.1 Å². The summed E-state index contributed by atoms with van der Waals surface area (Å²) in [5.74, 6) is 0.501. The van der Waals surface area contributed by atoms with E-state index >= 15 is 0 Å². The van der Waals surface area contributed by atoms with E-state index in [-0.39, 0.29) is 5.91 Å². The van der Waals surface area contributed by atoms with E-state index in [4.69, 9.17) is 27.9 Å². The molecule has 1 heterocycles. The lowest BCUT2D eigenvalue weighted by Gasteiger charge is -2.17. The van der Waals surface area contributed by atoms with Gasteiger partial charge in [-0.15, -0.1) is 0 Å². The summed E-state index contributed by atoms with van der Waals surface area (Å²) >= 11 is 12.3. The van der Waals surface area contributed by atoms with Crippen LogP contribution >= 0.6 is 23.2 Å². The number of para-hydroxylation sites is 1. The van der Waals surface area contributed by atoms with Gasteiger partial charge in [-0.1, -0.05) is 47.5 Å². The van der Waals surface area contributed by atoms with Gasteiger partial charge in [-0.3, -0.25) is 9.48 Å². The Kier molecular flexibility index (Phi) is 6.60. The predicted molar refractivity (Wildman–Crippen MR) is 111 cm³/mol. The molecule has 0 aliphatic heterocycles. The Morgan fingerprint density at radius 2 is 1.93 bits per heavy atom. The lowest BCUT2D eigenvalue weighted by Crippen LogP contribution is -2.26. The van der Waals surface area contributed by atoms with Gasteiger partial charge >= 0.3 is 0 Å². The number of hydrogen-bond donors (Lipinski definition) is 0. The number of amides is 1. The smallest absolute Gasteiger partial charge is 0.253 e. The summed E-state index contributed by atoms with van der Waals surface area (Å²) in [5.41, 5.74) is 2.14. The number of aryl methyl sites for hydroxylation is 1. The minimum absolute atomic E-state index is 0.110. The molecule has 1 amide bonds. The third-order valence-corrected chi connectivity index (χ3v) is 4.88. The fourth-order valence-corrected chi connectivity index (χ4v) is 3.14. The van der Waals surface area contributed by atoms with E-state index in [1.165, 1.54) is 0 Å². The second kappa shape index (κ2) is 9.13. The van der Waals surface area contributed by atoms with Crippen LogP contribution in [-0.2, 0) is 19.7 Å². The van der Waals surface area contributed by atoms with Crippen LogP contribution in [0.4, 0.5) is 0 Å². The molecule has 0 aliphatic rings. The van der Waals surface area contributed by atoms with Gasteiger partial charge in [0, 0.05) is 25.4 Å². The molecule has 0 spiro atoms. The van der Waals surface area contributed by atoms with Crippen LogP contribution < -0.4 is 4.74 Å². The second-order valence-corrected chi connectivity index (χ2v) is 7.17. The molecule has 0 bridgehead atoms. The maximum Gasteiger partial charge on any atom is 0.253 e. The maximum atomic E-state index is 12.8. The van der Waals surface area contributed by atoms with Crippen molar-refractivity contribution in [1.82, 2.24) is 14.7 Å². The summed E-state index contributed by atoms with van der Waals surface area (Å²) in [7, 11) is 1.73. The summed E-state index contributed by atoms with van der Waals surface area (Å²) in [6, 6.07) is 14.6. The van der Waals surface area contributed by atoms with Crippen LogP contribution in [0.25, 0.3) is 0 Å². The van der Waals surface area contributed by atoms with Gasteiger partial charge in [-0.05, 0) is 36.8 Å². The van der Waals surface area contributed by atoms with E-state index in [0.29, 0.717) is 40.2 Å². The minimum Gasteiger partial charge on any atom is -0.487 e. The molecule has 3 aromatic rings. The Hall–Kier alpha value is -2.50. The fraction of sp³-hybridized carbons (Fsp3) is 0.238. The van der Waals surface area contributed by atoms with E-state index in [1.54, 1.807) is 35.0 Å². The topological polar surface area (TPSA) is 47.4 Å². The SMILES string of the molecule is CCn1cc(Cl)c(CN(C)C(=O)c2cccc(COc3ccccc3Cl)c2)n1. The highest BCUT2D eigenvalue weighted by molar-refractivity contribution is 6.32. The number of nitrogens with zero attached hydrogens (tertiary/aromatic N) is 3. The van der Waals surface area contributed by atoms with Crippen molar-refractivity contribution in [1.29, 1.82) is 0 Å². The lowest BCUT2D eigenvalue weighted by molar-refractivity contribution is 0.0783. The van der Waals surface area contributed by atoms with E-state index in [2.05, 4.69) is 5.10 Å². The Morgan fingerprint density at radius 3 is 2.64 bits per heavy atom. The van der Waals surface area contributed by atoms with Crippen molar-refractivity contribution in [2.24, 2.45) is 0 Å². The summed E-state index contributed by atoms with van der Waals surface area (Å²) in [5, 5.41) is 5.50. The standard InChI is InChI=1S/C21H21Cl2N3O2/c1-3-26-12-18(23)19(24-26)13-25(2)21(27)16-8-6-7-15(11-16)14-28-20-10-5-4-9-17(20)22/h4-12H,3,13-14H2,1-2H3. The normalized spacial score (nSPS) is 10.7. The zero-order chi connectivity index (χ0) is 20.1. The van der Waals surface area contributed by atoms with Gasteiger partial charge in [0.15, 0.2) is 0 Å². The summed E-state index contributed by atoms with van der Waals surface area (Å²) in [6.07, 6.45) is 1.77. The molecular weight excluding hydrogens is 397 g/mol. The molecular formula is C21H21Cl2N3O2. The summed E-state index contributed by atoms with van der Waals surface area (Å²) < 4.78 is 7.51. The van der Waals surface area contributed by atoms with Crippen molar-refractivity contribution in [3.63, 3.8) is 0 Å². The van der Waals surface area contributed by atoms with E-state index in [1.807, 2.05) is 43.3 Å². The van der Waals surface area contributed by atoms with Gasteiger partial charge in [0.25, 0.3) is 5.91 Å². The third kappa shape index (κ3) is 4.86. The fourth-order valence-electron chi connectivity index (χ4n) is 2.74. The summed E-state index contributed by atoms with van der Waals surface area (Å²) in [6.45, 7) is 3.37. The number of carbonyl (C=O) groups excluding carboxylic acids is 1. The van der Waals surface area contributed by atoms with Crippen LogP contribution in [0.1, 0.15) is 28.5 Å². The largest absolute Gasteiger partial charge is 0.487 e. The zero-order valence-corrected chi connectivity index (χ0v) is 17.2. The van der Waals surface area contributed by atoms with Crippen molar-refractivity contribution in [2.45, 2.75) is 26.6 Å². The molecule has 146 valence electrons. The molecule has 0 aliphatic carbocycles. The monoisotopic (exact) mass is 417 g/mol. The summed E-state index contributed by atoms with van der Waals surface area (Å²) in [4.78, 5) is 14.4. The molecule has 0 atom stereocenters. The molecule has 0 saturated carbocycles. The second-order valence-electron chi connectivity index (χ2n) is 6.36. The van der Waals surface area contributed by atoms with Gasteiger partial charge in [-0.2, -0.15) is 5.10 Å². The highest BCUT2D eigenvalue weighted by Gasteiger charge is 2.16. The highest BCUT2D eigenvalue weighted by Crippen LogP contribution is 2.24. The van der Waals surface area contributed by atoms with E-state index in [0.717, 1.165) is 12.1 Å². The first-order valence-corrected chi connectivity index (χ1v) is 9.67. The van der Waals surface area contributed by atoms with Crippen molar-refractivity contribution in [3.8, 4) is 5.75 Å². The van der Waals surface area contributed by atoms with Crippen LogP contribution in [0.5, 0.6) is 5.75 Å². The van der Waals surface area contributed by atoms with E-state index in [9.17, 15) is 4.79 Å². The molecule has 5 nitrogen and oxygen atoms in total. The highest BCUT2D eigenvalue weighted by atomic mass is 35.5. The number of ether oxygens (including phenoxy) is 1. The van der Waals surface area contributed by atoms with Crippen molar-refractivity contribution >= 4 is 29.1 Å². The van der Waals surface area contributed by atoms with Crippen LogP contribution in [0.3, 0.4) is 0 Å². The number of carbonyl (C=O) groups is 1. The first-order chi connectivity index (χ1) is 13.5. The van der Waals surface area contributed by atoms with Crippen molar-refractivity contribution in [3.05, 3.63) is 81.6 Å². The molecule has 0 radical (unpaired) electrons. The van der Waals surface area contributed by atoms with Crippen molar-refractivity contribution in [2.75, 3.05) is 7.05 Å². The Labute approximate surface area is 174 Å². The van der Waals surface area contributed by atoms with Gasteiger partial charge in [-0.25, -0.2) is 0 Å². The lowest BCUT2D eigenvalue weighted by atomic mass is 10.1. The Bertz CT molecular complexity index is 972. The molecule has 0 N–H and O–H groups in total. The molecule has 0 unspecified atom stereocenters. The number of benzene rings is 2. The molecule has 28 heavy (non-hydrogen) atoms. The molecule has 2 aromatic carbocycles. The quantitative estimate of drug-likeness (QED) is 0.539. The molecule has 3 rings (SSSR count). The van der Waals surface area contributed by atoms with Crippen LogP contribution in [0.2, 0.25) is 10.0 Å². The first-order valence-electron chi connectivity index (χ1n) is 8.91. The molecule has 0 fully saturated rings. The zero-order valence-electron chi connectivity index (χ0n) is 15.7. The van der Waals surface area contributed by atoms with Crippen LogP contribution in [0.15, 0.2) is 54.7 Å². The maximum absolute atomic E-state index is 12.8. The first kappa shape index (κ1) is 20.2. The van der Waals surface area contributed by atoms with Crippen LogP contribution in [-0.4, -0.2) is 27.6 Å². The average molecular weight is 418 g/mol. The molecule has 7 heteroatoms. The number of hydrogen-bond acceptors (Lipinski definition) is 3. The number of halogens is 2. The average Bonchev–Trinajstić information content (AvgIpc) is 3.06.